The van der Waals surface area contributed by atoms with Crippen molar-refractivity contribution in [1.82, 2.24) is 5.43 Å². The maximum atomic E-state index is 13.6. The number of hydrazone groups is 1. The molecule has 0 aliphatic rings. The van der Waals surface area contributed by atoms with E-state index in [2.05, 4.69) is 10.5 Å². The molecule has 0 aliphatic heterocycles. The van der Waals surface area contributed by atoms with Crippen LogP contribution in [-0.4, -0.2) is 24.2 Å². The number of rotatable bonds is 7. The molecular formula is C23H18ClFN2O4. The quantitative estimate of drug-likeness (QED) is 0.252. The van der Waals surface area contributed by atoms with Gasteiger partial charge in [-0.15, -0.1) is 0 Å². The predicted molar refractivity (Wildman–Crippen MR) is 115 cm³/mol. The first kappa shape index (κ1) is 22.0. The van der Waals surface area contributed by atoms with E-state index in [1.807, 2.05) is 0 Å². The zero-order chi connectivity index (χ0) is 22.2. The van der Waals surface area contributed by atoms with Crippen LogP contribution < -0.4 is 14.9 Å². The van der Waals surface area contributed by atoms with Crippen LogP contribution in [-0.2, 0) is 4.79 Å². The Morgan fingerprint density at radius 3 is 2.32 bits per heavy atom. The van der Waals surface area contributed by atoms with Gasteiger partial charge in [-0.1, -0.05) is 23.7 Å². The molecule has 1 amide bonds. The lowest BCUT2D eigenvalue weighted by Crippen LogP contribution is -2.33. The van der Waals surface area contributed by atoms with Gasteiger partial charge in [-0.25, -0.2) is 14.6 Å². The average Bonchev–Trinajstić information content (AvgIpc) is 2.76. The number of amides is 1. The zero-order valence-corrected chi connectivity index (χ0v) is 17.2. The number of benzene rings is 3. The van der Waals surface area contributed by atoms with Crippen molar-refractivity contribution < 1.29 is 23.5 Å². The number of nitrogens with zero attached hydrogens (tertiary/aromatic N) is 1. The number of nitrogens with one attached hydrogen (secondary N) is 1. The normalized spacial score (nSPS) is 11.7. The van der Waals surface area contributed by atoms with Gasteiger partial charge in [0.1, 0.15) is 17.3 Å². The summed E-state index contributed by atoms with van der Waals surface area (Å²) >= 11 is 5.81. The highest BCUT2D eigenvalue weighted by Gasteiger charge is 2.14. The lowest BCUT2D eigenvalue weighted by atomic mass is 10.2. The molecular weight excluding hydrogens is 423 g/mol. The highest BCUT2D eigenvalue weighted by atomic mass is 35.5. The maximum absolute atomic E-state index is 13.6. The first-order valence-corrected chi connectivity index (χ1v) is 9.62. The van der Waals surface area contributed by atoms with E-state index >= 15 is 0 Å². The summed E-state index contributed by atoms with van der Waals surface area (Å²) in [6, 6.07) is 18.6. The van der Waals surface area contributed by atoms with E-state index in [0.717, 1.165) is 0 Å². The Balaban J connectivity index is 1.51. The van der Waals surface area contributed by atoms with E-state index in [4.69, 9.17) is 21.1 Å². The number of halogens is 2. The van der Waals surface area contributed by atoms with Crippen LogP contribution in [0, 0.1) is 5.82 Å². The molecule has 1 atom stereocenters. The molecule has 31 heavy (non-hydrogen) atoms. The Morgan fingerprint density at radius 2 is 1.65 bits per heavy atom. The standard InChI is InChI=1S/C23H18ClFN2O4/c1-15(30-18-12-8-17(24)9-13-18)22(28)27-26-14-16-6-10-19(11-7-16)31-23(29)20-4-2-3-5-21(20)25/h2-15H,1H3,(H,27,28)/b26-14+. The summed E-state index contributed by atoms with van der Waals surface area (Å²) in [4.78, 5) is 24.1. The molecule has 0 fully saturated rings. The molecule has 3 aromatic carbocycles. The minimum absolute atomic E-state index is 0.147. The summed E-state index contributed by atoms with van der Waals surface area (Å²) < 4.78 is 24.3. The number of carbonyl (C=O) groups is 2. The molecule has 0 aliphatic carbocycles. The molecule has 8 heteroatoms. The Kier molecular flexibility index (Phi) is 7.35. The van der Waals surface area contributed by atoms with Gasteiger partial charge in [0.15, 0.2) is 6.10 Å². The van der Waals surface area contributed by atoms with Gasteiger partial charge in [-0.05, 0) is 73.2 Å². The van der Waals surface area contributed by atoms with Crippen LogP contribution in [0.1, 0.15) is 22.8 Å². The van der Waals surface area contributed by atoms with E-state index in [0.29, 0.717) is 16.3 Å². The maximum Gasteiger partial charge on any atom is 0.346 e. The number of esters is 1. The second kappa shape index (κ2) is 10.4. The van der Waals surface area contributed by atoms with Crippen LogP contribution in [0.4, 0.5) is 4.39 Å². The molecule has 0 bridgehead atoms. The summed E-state index contributed by atoms with van der Waals surface area (Å²) in [5, 5.41) is 4.46. The smallest absolute Gasteiger partial charge is 0.346 e. The predicted octanol–water partition coefficient (Wildman–Crippen LogP) is 4.62. The molecule has 0 saturated carbocycles. The molecule has 1 N–H and O–H groups in total. The highest BCUT2D eigenvalue weighted by Crippen LogP contribution is 2.17. The van der Waals surface area contributed by atoms with Gasteiger partial charge < -0.3 is 9.47 Å². The largest absolute Gasteiger partial charge is 0.481 e. The molecule has 0 spiro atoms. The van der Waals surface area contributed by atoms with Crippen LogP contribution in [0.25, 0.3) is 0 Å². The first-order chi connectivity index (χ1) is 14.9. The van der Waals surface area contributed by atoms with Crippen LogP contribution in [0.5, 0.6) is 11.5 Å². The minimum Gasteiger partial charge on any atom is -0.481 e. The van der Waals surface area contributed by atoms with Crippen molar-refractivity contribution in [3.63, 3.8) is 0 Å². The topological polar surface area (TPSA) is 77.0 Å². The van der Waals surface area contributed by atoms with Crippen molar-refractivity contribution in [3.05, 3.63) is 94.8 Å². The molecule has 0 radical (unpaired) electrons. The molecule has 1 unspecified atom stereocenters. The minimum atomic E-state index is -0.790. The third kappa shape index (κ3) is 6.38. The third-order valence-electron chi connectivity index (χ3n) is 4.07. The zero-order valence-electron chi connectivity index (χ0n) is 16.4. The van der Waals surface area contributed by atoms with Crippen LogP contribution in [0.2, 0.25) is 5.02 Å². The third-order valence-corrected chi connectivity index (χ3v) is 4.32. The van der Waals surface area contributed by atoms with Crippen molar-refractivity contribution in [2.24, 2.45) is 5.10 Å². The van der Waals surface area contributed by atoms with Gasteiger partial charge in [0.05, 0.1) is 11.8 Å². The van der Waals surface area contributed by atoms with E-state index < -0.39 is 23.8 Å². The molecule has 0 heterocycles. The Morgan fingerprint density at radius 1 is 1.00 bits per heavy atom. The second-order valence-corrected chi connectivity index (χ2v) is 6.82. The van der Waals surface area contributed by atoms with Crippen molar-refractivity contribution in [1.29, 1.82) is 0 Å². The van der Waals surface area contributed by atoms with Crippen molar-refractivity contribution in [2.45, 2.75) is 13.0 Å². The number of hydrogen-bond donors (Lipinski definition) is 1. The van der Waals surface area contributed by atoms with Gasteiger partial charge in [0.2, 0.25) is 0 Å². The van der Waals surface area contributed by atoms with Gasteiger partial charge in [0, 0.05) is 5.02 Å². The lowest BCUT2D eigenvalue weighted by Gasteiger charge is -2.12. The van der Waals surface area contributed by atoms with E-state index in [1.165, 1.54) is 36.5 Å². The van der Waals surface area contributed by atoms with Gasteiger partial charge in [-0.2, -0.15) is 5.10 Å². The molecule has 3 rings (SSSR count). The highest BCUT2D eigenvalue weighted by molar-refractivity contribution is 6.30. The number of carbonyl (C=O) groups excluding carboxylic acids is 2. The van der Waals surface area contributed by atoms with Crippen LogP contribution in [0.3, 0.4) is 0 Å². The Bertz CT molecular complexity index is 1090. The number of ether oxygens (including phenoxy) is 2. The number of hydrogen-bond acceptors (Lipinski definition) is 5. The fourth-order valence-electron chi connectivity index (χ4n) is 2.44. The Hall–Kier alpha value is -3.71. The van der Waals surface area contributed by atoms with Crippen molar-refractivity contribution in [3.8, 4) is 11.5 Å². The monoisotopic (exact) mass is 440 g/mol. The molecule has 0 aromatic heterocycles. The lowest BCUT2D eigenvalue weighted by molar-refractivity contribution is -0.127. The molecule has 3 aromatic rings. The fraction of sp³-hybridized carbons (Fsp3) is 0.0870. The average molecular weight is 441 g/mol. The molecule has 6 nitrogen and oxygen atoms in total. The molecule has 158 valence electrons. The fourth-order valence-corrected chi connectivity index (χ4v) is 2.57. The van der Waals surface area contributed by atoms with Crippen molar-refractivity contribution >= 4 is 29.7 Å². The van der Waals surface area contributed by atoms with E-state index in [-0.39, 0.29) is 11.3 Å². The van der Waals surface area contributed by atoms with Crippen molar-refractivity contribution in [2.75, 3.05) is 0 Å². The first-order valence-electron chi connectivity index (χ1n) is 9.24. The van der Waals surface area contributed by atoms with E-state index in [1.54, 1.807) is 49.4 Å². The van der Waals surface area contributed by atoms with Gasteiger partial charge >= 0.3 is 5.97 Å². The summed E-state index contributed by atoms with van der Waals surface area (Å²) in [5.74, 6) is -1.11. The van der Waals surface area contributed by atoms with Gasteiger partial charge in [0.25, 0.3) is 5.91 Å². The summed E-state index contributed by atoms with van der Waals surface area (Å²) in [5.41, 5.74) is 2.89. The SMILES string of the molecule is CC(Oc1ccc(Cl)cc1)C(=O)N/N=C/c1ccc(OC(=O)c2ccccc2F)cc1. The summed E-state index contributed by atoms with van der Waals surface area (Å²) in [6.07, 6.45) is 0.661. The van der Waals surface area contributed by atoms with E-state index in [9.17, 15) is 14.0 Å². The second-order valence-electron chi connectivity index (χ2n) is 6.39. The van der Waals surface area contributed by atoms with Crippen LogP contribution >= 0.6 is 11.6 Å². The summed E-state index contributed by atoms with van der Waals surface area (Å²) in [7, 11) is 0. The van der Waals surface area contributed by atoms with Crippen LogP contribution in [0.15, 0.2) is 77.9 Å². The van der Waals surface area contributed by atoms with Gasteiger partial charge in [-0.3, -0.25) is 4.79 Å². The summed E-state index contributed by atoms with van der Waals surface area (Å²) in [6.45, 7) is 1.60. The molecule has 0 saturated heterocycles. The Labute approximate surface area is 183 Å².